The van der Waals surface area contributed by atoms with Gasteiger partial charge in [-0.1, -0.05) is 43.9 Å². The molecule has 3 heteroatoms. The van der Waals surface area contributed by atoms with E-state index in [0.29, 0.717) is 5.92 Å². The molecular formula is C18H23NO2. The van der Waals surface area contributed by atoms with Gasteiger partial charge in [0.25, 0.3) is 0 Å². The molecule has 1 unspecified atom stereocenters. The van der Waals surface area contributed by atoms with Crippen LogP contribution >= 0.6 is 0 Å². The van der Waals surface area contributed by atoms with Crippen molar-refractivity contribution in [2.24, 2.45) is 5.92 Å². The molecule has 1 saturated carbocycles. The van der Waals surface area contributed by atoms with E-state index in [9.17, 15) is 4.79 Å². The van der Waals surface area contributed by atoms with Gasteiger partial charge in [0.15, 0.2) is 0 Å². The molecule has 21 heavy (non-hydrogen) atoms. The van der Waals surface area contributed by atoms with Gasteiger partial charge >= 0.3 is 5.97 Å². The molecule has 1 N–H and O–H groups in total. The molecule has 0 aliphatic heterocycles. The van der Waals surface area contributed by atoms with Crippen LogP contribution in [0.1, 0.15) is 49.3 Å². The molecule has 1 heterocycles. The Bertz CT molecular complexity index is 638. The normalized spacial score (nSPS) is 17.2. The van der Waals surface area contributed by atoms with Crippen LogP contribution in [0, 0.1) is 12.8 Å². The minimum Gasteiger partial charge on any atom is -0.469 e. The molecule has 1 aliphatic carbocycles. The SMILES string of the molecule is COC(=O)C(CC1CCCC1)c1c(C)[nH]c2ccccc12. The van der Waals surface area contributed by atoms with E-state index >= 15 is 0 Å². The first-order valence-electron chi connectivity index (χ1n) is 7.85. The number of carbonyl (C=O) groups is 1. The zero-order valence-corrected chi connectivity index (χ0v) is 12.8. The number of aromatic nitrogens is 1. The molecule has 3 nitrogen and oxygen atoms in total. The monoisotopic (exact) mass is 285 g/mol. The molecule has 0 saturated heterocycles. The molecule has 1 aromatic heterocycles. The lowest BCUT2D eigenvalue weighted by molar-refractivity contribution is -0.142. The molecule has 0 radical (unpaired) electrons. The van der Waals surface area contributed by atoms with E-state index in [4.69, 9.17) is 4.74 Å². The van der Waals surface area contributed by atoms with Gasteiger partial charge in [-0.05, 0) is 30.9 Å². The van der Waals surface area contributed by atoms with Crippen LogP contribution in [0.15, 0.2) is 24.3 Å². The summed E-state index contributed by atoms with van der Waals surface area (Å²) in [6, 6.07) is 8.21. The Morgan fingerprint density at radius 1 is 1.33 bits per heavy atom. The number of benzene rings is 1. The molecule has 0 bridgehead atoms. The second-order valence-electron chi connectivity index (χ2n) is 6.17. The van der Waals surface area contributed by atoms with Gasteiger partial charge < -0.3 is 9.72 Å². The van der Waals surface area contributed by atoms with Gasteiger partial charge in [0, 0.05) is 16.6 Å². The number of fused-ring (bicyclic) bond motifs is 1. The number of ether oxygens (including phenoxy) is 1. The molecule has 1 atom stereocenters. The summed E-state index contributed by atoms with van der Waals surface area (Å²) in [5, 5.41) is 1.16. The average Bonchev–Trinajstić information content (AvgIpc) is 3.10. The lowest BCUT2D eigenvalue weighted by Gasteiger charge is -2.19. The number of aromatic amines is 1. The van der Waals surface area contributed by atoms with Crippen LogP contribution < -0.4 is 0 Å². The number of hydrogen-bond acceptors (Lipinski definition) is 2. The third kappa shape index (κ3) is 2.69. The third-order valence-corrected chi connectivity index (χ3v) is 4.82. The fourth-order valence-electron chi connectivity index (χ4n) is 3.80. The van der Waals surface area contributed by atoms with Crippen molar-refractivity contribution < 1.29 is 9.53 Å². The number of para-hydroxylation sites is 1. The van der Waals surface area contributed by atoms with Crippen molar-refractivity contribution in [3.8, 4) is 0 Å². The highest BCUT2D eigenvalue weighted by Gasteiger charge is 2.30. The zero-order chi connectivity index (χ0) is 14.8. The lowest BCUT2D eigenvalue weighted by Crippen LogP contribution is -2.18. The molecule has 3 rings (SSSR count). The summed E-state index contributed by atoms with van der Waals surface area (Å²) in [5.41, 5.74) is 3.32. The van der Waals surface area contributed by atoms with E-state index in [1.165, 1.54) is 32.8 Å². The molecule has 1 aliphatic rings. The van der Waals surface area contributed by atoms with Crippen molar-refractivity contribution in [3.63, 3.8) is 0 Å². The second kappa shape index (κ2) is 5.92. The zero-order valence-electron chi connectivity index (χ0n) is 12.8. The third-order valence-electron chi connectivity index (χ3n) is 4.82. The Kier molecular flexibility index (Phi) is 4.00. The molecular weight excluding hydrogens is 262 g/mol. The Balaban J connectivity index is 2.00. The van der Waals surface area contributed by atoms with Crippen molar-refractivity contribution in [2.45, 2.75) is 44.9 Å². The number of nitrogens with one attached hydrogen (secondary N) is 1. The summed E-state index contributed by atoms with van der Waals surface area (Å²) in [5.74, 6) is 0.408. The summed E-state index contributed by atoms with van der Waals surface area (Å²) in [4.78, 5) is 15.8. The second-order valence-corrected chi connectivity index (χ2v) is 6.17. The first kappa shape index (κ1) is 14.2. The van der Waals surface area contributed by atoms with Gasteiger partial charge in [0.2, 0.25) is 0 Å². The Morgan fingerprint density at radius 3 is 2.76 bits per heavy atom. The number of carbonyl (C=O) groups excluding carboxylic acids is 1. The highest BCUT2D eigenvalue weighted by Crippen LogP contribution is 2.38. The fraction of sp³-hybridized carbons (Fsp3) is 0.500. The largest absolute Gasteiger partial charge is 0.469 e. The number of esters is 1. The van der Waals surface area contributed by atoms with Crippen LogP contribution in [0.2, 0.25) is 0 Å². The summed E-state index contributed by atoms with van der Waals surface area (Å²) < 4.78 is 5.10. The predicted octanol–water partition coefficient (Wildman–Crippen LogP) is 4.31. The number of hydrogen-bond donors (Lipinski definition) is 1. The molecule has 1 aromatic carbocycles. The van der Waals surface area contributed by atoms with Crippen LogP contribution in [0.4, 0.5) is 0 Å². The molecule has 2 aromatic rings. The van der Waals surface area contributed by atoms with Crippen molar-refractivity contribution in [3.05, 3.63) is 35.5 Å². The molecule has 0 amide bonds. The van der Waals surface area contributed by atoms with Crippen LogP contribution in [-0.2, 0) is 9.53 Å². The van der Waals surface area contributed by atoms with E-state index in [1.807, 2.05) is 12.1 Å². The van der Waals surface area contributed by atoms with Gasteiger partial charge in [0.1, 0.15) is 0 Å². The highest BCUT2D eigenvalue weighted by atomic mass is 16.5. The Hall–Kier alpha value is -1.77. The van der Waals surface area contributed by atoms with E-state index in [1.54, 1.807) is 0 Å². The minimum absolute atomic E-state index is 0.102. The fourth-order valence-corrected chi connectivity index (χ4v) is 3.80. The van der Waals surface area contributed by atoms with E-state index < -0.39 is 0 Å². The van der Waals surface area contributed by atoms with Crippen LogP contribution in [-0.4, -0.2) is 18.1 Å². The number of aryl methyl sites for hydroxylation is 1. The van der Waals surface area contributed by atoms with E-state index in [2.05, 4.69) is 24.0 Å². The van der Waals surface area contributed by atoms with Crippen molar-refractivity contribution >= 4 is 16.9 Å². The highest BCUT2D eigenvalue weighted by molar-refractivity contribution is 5.91. The standard InChI is InChI=1S/C18H23NO2/c1-12-17(14-9-5-6-10-16(14)19-12)15(18(20)21-2)11-13-7-3-4-8-13/h5-6,9-10,13,15,19H,3-4,7-8,11H2,1-2H3. The summed E-state index contributed by atoms with van der Waals surface area (Å²) in [7, 11) is 1.49. The molecule has 0 spiro atoms. The average molecular weight is 285 g/mol. The topological polar surface area (TPSA) is 42.1 Å². The van der Waals surface area contributed by atoms with Crippen molar-refractivity contribution in [2.75, 3.05) is 7.11 Å². The van der Waals surface area contributed by atoms with Crippen LogP contribution in [0.5, 0.6) is 0 Å². The van der Waals surface area contributed by atoms with Gasteiger partial charge in [-0.3, -0.25) is 4.79 Å². The van der Waals surface area contributed by atoms with Crippen molar-refractivity contribution in [1.29, 1.82) is 0 Å². The Morgan fingerprint density at radius 2 is 2.05 bits per heavy atom. The lowest BCUT2D eigenvalue weighted by atomic mass is 9.86. The van der Waals surface area contributed by atoms with E-state index in [0.717, 1.165) is 28.6 Å². The number of rotatable bonds is 4. The quantitative estimate of drug-likeness (QED) is 0.850. The van der Waals surface area contributed by atoms with Crippen LogP contribution in [0.25, 0.3) is 10.9 Å². The summed E-state index contributed by atoms with van der Waals surface area (Å²) >= 11 is 0. The van der Waals surface area contributed by atoms with E-state index in [-0.39, 0.29) is 11.9 Å². The van der Waals surface area contributed by atoms with Crippen LogP contribution in [0.3, 0.4) is 0 Å². The first-order chi connectivity index (χ1) is 10.2. The van der Waals surface area contributed by atoms with Gasteiger partial charge in [-0.2, -0.15) is 0 Å². The molecule has 112 valence electrons. The van der Waals surface area contributed by atoms with Crippen molar-refractivity contribution in [1.82, 2.24) is 4.98 Å². The summed E-state index contributed by atoms with van der Waals surface area (Å²) in [6.07, 6.45) is 6.00. The Labute approximate surface area is 125 Å². The van der Waals surface area contributed by atoms with Gasteiger partial charge in [-0.25, -0.2) is 0 Å². The maximum absolute atomic E-state index is 12.4. The van der Waals surface area contributed by atoms with Gasteiger partial charge in [-0.15, -0.1) is 0 Å². The molecule has 1 fully saturated rings. The smallest absolute Gasteiger partial charge is 0.313 e. The maximum atomic E-state index is 12.4. The maximum Gasteiger partial charge on any atom is 0.313 e. The number of H-pyrrole nitrogens is 1. The first-order valence-corrected chi connectivity index (χ1v) is 7.85. The number of methoxy groups -OCH3 is 1. The summed E-state index contributed by atoms with van der Waals surface area (Å²) in [6.45, 7) is 2.06. The predicted molar refractivity (Wildman–Crippen MR) is 84.4 cm³/mol. The minimum atomic E-state index is -0.144. The van der Waals surface area contributed by atoms with Gasteiger partial charge in [0.05, 0.1) is 13.0 Å².